The van der Waals surface area contributed by atoms with E-state index in [1.165, 1.54) is 26.1 Å². The zero-order valence-corrected chi connectivity index (χ0v) is 11.2. The normalized spacial score (nSPS) is 10.1. The van der Waals surface area contributed by atoms with Crippen molar-refractivity contribution < 1.29 is 18.7 Å². The van der Waals surface area contributed by atoms with Gasteiger partial charge in [-0.25, -0.2) is 4.39 Å². The highest BCUT2D eigenvalue weighted by atomic mass is 19.1. The Bertz CT molecular complexity index is 503. The zero-order valence-electron chi connectivity index (χ0n) is 11.2. The summed E-state index contributed by atoms with van der Waals surface area (Å²) in [6, 6.07) is 2.70. The number of hydrogen-bond acceptors (Lipinski definition) is 4. The fourth-order valence-corrected chi connectivity index (χ4v) is 1.63. The van der Waals surface area contributed by atoms with Gasteiger partial charge in [-0.05, 0) is 31.5 Å². The van der Waals surface area contributed by atoms with E-state index in [0.29, 0.717) is 5.69 Å². The van der Waals surface area contributed by atoms with E-state index in [4.69, 9.17) is 10.5 Å². The van der Waals surface area contributed by atoms with Crippen LogP contribution in [-0.4, -0.2) is 37.0 Å². The minimum Gasteiger partial charge on any atom is -0.465 e. The average molecular weight is 268 g/mol. The standard InChI is InChI=1S/C13H17FN2O3/c1-4-19-11(17)7-16(3)13(18)10-6-9(15)5-8(2)12(10)14/h5-6H,4,7,15H2,1-3H3. The van der Waals surface area contributed by atoms with Crippen LogP contribution in [0.4, 0.5) is 10.1 Å². The Hall–Kier alpha value is -2.11. The lowest BCUT2D eigenvalue weighted by atomic mass is 10.1. The van der Waals surface area contributed by atoms with Crippen molar-refractivity contribution in [1.82, 2.24) is 4.90 Å². The summed E-state index contributed by atoms with van der Waals surface area (Å²) < 4.78 is 18.6. The van der Waals surface area contributed by atoms with Gasteiger partial charge in [0.15, 0.2) is 0 Å². The summed E-state index contributed by atoms with van der Waals surface area (Å²) in [5.74, 6) is -1.78. The van der Waals surface area contributed by atoms with Crippen LogP contribution in [0.25, 0.3) is 0 Å². The molecule has 0 fully saturated rings. The molecular formula is C13H17FN2O3. The summed E-state index contributed by atoms with van der Waals surface area (Å²) in [7, 11) is 1.40. The van der Waals surface area contributed by atoms with Crippen molar-refractivity contribution in [3.05, 3.63) is 29.1 Å². The number of carbonyl (C=O) groups is 2. The lowest BCUT2D eigenvalue weighted by Gasteiger charge is -2.17. The molecule has 19 heavy (non-hydrogen) atoms. The molecule has 0 aliphatic carbocycles. The van der Waals surface area contributed by atoms with Gasteiger partial charge in [0.1, 0.15) is 12.4 Å². The molecule has 0 aliphatic rings. The maximum absolute atomic E-state index is 13.9. The Morgan fingerprint density at radius 2 is 2.05 bits per heavy atom. The Labute approximate surface area is 111 Å². The van der Waals surface area contributed by atoms with Gasteiger partial charge in [-0.1, -0.05) is 0 Å². The number of anilines is 1. The SMILES string of the molecule is CCOC(=O)CN(C)C(=O)c1cc(N)cc(C)c1F. The fraction of sp³-hybridized carbons (Fsp3) is 0.385. The van der Waals surface area contributed by atoms with E-state index in [1.807, 2.05) is 0 Å². The predicted octanol–water partition coefficient (Wildman–Crippen LogP) is 1.35. The highest BCUT2D eigenvalue weighted by molar-refractivity contribution is 5.97. The molecule has 0 aliphatic heterocycles. The number of hydrogen-bond donors (Lipinski definition) is 1. The number of benzene rings is 1. The van der Waals surface area contributed by atoms with Gasteiger partial charge in [-0.15, -0.1) is 0 Å². The van der Waals surface area contributed by atoms with E-state index in [9.17, 15) is 14.0 Å². The van der Waals surface area contributed by atoms with Crippen molar-refractivity contribution >= 4 is 17.6 Å². The summed E-state index contributed by atoms with van der Waals surface area (Å²) in [6.45, 7) is 3.18. The number of nitrogens with two attached hydrogens (primary N) is 1. The number of amides is 1. The first-order valence-corrected chi connectivity index (χ1v) is 5.83. The summed E-state index contributed by atoms with van der Waals surface area (Å²) in [6.07, 6.45) is 0. The van der Waals surface area contributed by atoms with Crippen molar-refractivity contribution in [1.29, 1.82) is 0 Å². The highest BCUT2D eigenvalue weighted by Crippen LogP contribution is 2.18. The van der Waals surface area contributed by atoms with E-state index >= 15 is 0 Å². The van der Waals surface area contributed by atoms with Crippen molar-refractivity contribution in [3.63, 3.8) is 0 Å². The van der Waals surface area contributed by atoms with Crippen LogP contribution in [0.2, 0.25) is 0 Å². The topological polar surface area (TPSA) is 72.6 Å². The van der Waals surface area contributed by atoms with Gasteiger partial charge in [0.25, 0.3) is 5.91 Å². The third kappa shape index (κ3) is 3.67. The molecule has 0 spiro atoms. The van der Waals surface area contributed by atoms with Gasteiger partial charge in [-0.2, -0.15) is 0 Å². The van der Waals surface area contributed by atoms with Crippen LogP contribution in [0.5, 0.6) is 0 Å². The molecule has 0 saturated heterocycles. The molecule has 1 aromatic rings. The maximum atomic E-state index is 13.9. The molecule has 0 bridgehead atoms. The summed E-state index contributed by atoms with van der Waals surface area (Å²) in [5.41, 5.74) is 6.02. The number of carbonyl (C=O) groups excluding carboxylic acids is 2. The molecule has 0 aromatic heterocycles. The molecule has 0 heterocycles. The van der Waals surface area contributed by atoms with Gasteiger partial charge in [0.05, 0.1) is 12.2 Å². The third-order valence-corrected chi connectivity index (χ3v) is 2.53. The van der Waals surface area contributed by atoms with Crippen LogP contribution in [0.1, 0.15) is 22.8 Å². The van der Waals surface area contributed by atoms with Gasteiger partial charge in [-0.3, -0.25) is 9.59 Å². The number of ether oxygens (including phenoxy) is 1. The van der Waals surface area contributed by atoms with Gasteiger partial charge >= 0.3 is 5.97 Å². The van der Waals surface area contributed by atoms with Crippen LogP contribution in [0.15, 0.2) is 12.1 Å². The number of nitrogens with zero attached hydrogens (tertiary/aromatic N) is 1. The first-order valence-electron chi connectivity index (χ1n) is 5.83. The van der Waals surface area contributed by atoms with Crippen molar-refractivity contribution in [2.45, 2.75) is 13.8 Å². The lowest BCUT2D eigenvalue weighted by Crippen LogP contribution is -2.33. The molecule has 1 rings (SSSR count). The number of rotatable bonds is 4. The molecule has 0 unspecified atom stereocenters. The van der Waals surface area contributed by atoms with Crippen molar-refractivity contribution in [2.75, 3.05) is 25.9 Å². The second-order valence-corrected chi connectivity index (χ2v) is 4.17. The molecule has 6 heteroatoms. The number of aryl methyl sites for hydroxylation is 1. The quantitative estimate of drug-likeness (QED) is 0.661. The van der Waals surface area contributed by atoms with Crippen LogP contribution in [0, 0.1) is 12.7 Å². The van der Waals surface area contributed by atoms with E-state index in [0.717, 1.165) is 4.90 Å². The Morgan fingerprint density at radius 3 is 2.63 bits per heavy atom. The van der Waals surface area contributed by atoms with Crippen molar-refractivity contribution in [2.24, 2.45) is 0 Å². The molecular weight excluding hydrogens is 251 g/mol. The second-order valence-electron chi connectivity index (χ2n) is 4.17. The molecule has 0 atom stereocenters. The molecule has 1 amide bonds. The second kappa shape index (κ2) is 6.17. The van der Waals surface area contributed by atoms with Gasteiger partial charge < -0.3 is 15.4 Å². The average Bonchev–Trinajstić information content (AvgIpc) is 2.33. The van der Waals surface area contributed by atoms with E-state index < -0.39 is 17.7 Å². The number of nitrogen functional groups attached to an aromatic ring is 1. The van der Waals surface area contributed by atoms with E-state index in [1.54, 1.807) is 6.92 Å². The maximum Gasteiger partial charge on any atom is 0.325 e. The minimum atomic E-state index is -0.630. The first-order chi connectivity index (χ1) is 8.86. The lowest BCUT2D eigenvalue weighted by molar-refractivity contribution is -0.143. The van der Waals surface area contributed by atoms with Crippen molar-refractivity contribution in [3.8, 4) is 0 Å². The van der Waals surface area contributed by atoms with Crippen LogP contribution in [0.3, 0.4) is 0 Å². The smallest absolute Gasteiger partial charge is 0.325 e. The van der Waals surface area contributed by atoms with E-state index in [-0.39, 0.29) is 24.3 Å². The van der Waals surface area contributed by atoms with Gasteiger partial charge in [0.2, 0.25) is 0 Å². The van der Waals surface area contributed by atoms with Crippen LogP contribution >= 0.6 is 0 Å². The first kappa shape index (κ1) is 14.9. The number of likely N-dealkylation sites (N-methyl/N-ethyl adjacent to an activating group) is 1. The number of halogens is 1. The molecule has 0 saturated carbocycles. The Kier molecular flexibility index (Phi) is 4.86. The van der Waals surface area contributed by atoms with Gasteiger partial charge in [0, 0.05) is 12.7 Å². The fourth-order valence-electron chi connectivity index (χ4n) is 1.63. The third-order valence-electron chi connectivity index (χ3n) is 2.53. The molecule has 5 nitrogen and oxygen atoms in total. The highest BCUT2D eigenvalue weighted by Gasteiger charge is 2.20. The van der Waals surface area contributed by atoms with E-state index in [2.05, 4.69) is 0 Å². The Morgan fingerprint density at radius 1 is 1.42 bits per heavy atom. The molecule has 0 radical (unpaired) electrons. The summed E-state index contributed by atoms with van der Waals surface area (Å²) in [4.78, 5) is 24.4. The largest absolute Gasteiger partial charge is 0.465 e. The molecule has 2 N–H and O–H groups in total. The zero-order chi connectivity index (χ0) is 14.6. The van der Waals surface area contributed by atoms with Crippen LogP contribution in [-0.2, 0) is 9.53 Å². The molecule has 104 valence electrons. The predicted molar refractivity (Wildman–Crippen MR) is 69.1 cm³/mol. The monoisotopic (exact) mass is 268 g/mol. The van der Waals surface area contributed by atoms with Crippen LogP contribution < -0.4 is 5.73 Å². The minimum absolute atomic E-state index is 0.149. The summed E-state index contributed by atoms with van der Waals surface area (Å²) in [5, 5.41) is 0. The summed E-state index contributed by atoms with van der Waals surface area (Å²) >= 11 is 0. The molecule has 1 aromatic carbocycles. The number of esters is 1. The Balaban J connectivity index is 2.91.